The van der Waals surface area contributed by atoms with Crippen LogP contribution in [0.3, 0.4) is 0 Å². The Labute approximate surface area is 190 Å². The van der Waals surface area contributed by atoms with E-state index in [0.29, 0.717) is 0 Å². The second-order valence-corrected chi connectivity index (χ2v) is 7.36. The maximum Gasteiger partial charge on any atom is 1.00 e. The molecule has 0 radical (unpaired) electrons. The molecule has 134 valence electrons. The minimum absolute atomic E-state index is 0. The summed E-state index contributed by atoms with van der Waals surface area (Å²) in [6, 6.07) is 30.0. The minimum atomic E-state index is -1.83. The van der Waals surface area contributed by atoms with E-state index < -0.39 is 14.1 Å². The Hall–Kier alpha value is -2.57. The molecule has 0 saturated heterocycles. The van der Waals surface area contributed by atoms with Crippen LogP contribution in [0.25, 0.3) is 0 Å². The van der Waals surface area contributed by atoms with Crippen molar-refractivity contribution in [3.63, 3.8) is 0 Å². The fourth-order valence-corrected chi connectivity index (χ4v) is 3.29. The van der Waals surface area contributed by atoms with E-state index in [0.717, 1.165) is 16.7 Å². The van der Waals surface area contributed by atoms with Crippen LogP contribution in [0.2, 0.25) is 0 Å². The summed E-state index contributed by atoms with van der Waals surface area (Å²) in [7, 11) is 0. The summed E-state index contributed by atoms with van der Waals surface area (Å²) in [5, 5.41) is 8.93. The van der Waals surface area contributed by atoms with Crippen LogP contribution >= 0.6 is 0 Å². The number of hydrogen-bond acceptors (Lipinski definition) is 1. The van der Waals surface area contributed by atoms with E-state index in [4.69, 9.17) is 5.11 Å². The van der Waals surface area contributed by atoms with Crippen molar-refractivity contribution >= 4 is 14.1 Å². The van der Waals surface area contributed by atoms with Crippen molar-refractivity contribution in [2.75, 3.05) is 6.61 Å². The van der Waals surface area contributed by atoms with Gasteiger partial charge in [-0.1, -0.05) is 79.3 Å². The van der Waals surface area contributed by atoms with E-state index in [1.165, 1.54) is 0 Å². The topological polar surface area (TPSA) is 23.1 Å². The summed E-state index contributed by atoms with van der Waals surface area (Å²) in [5.41, 5.74) is 3.01. The van der Waals surface area contributed by atoms with Crippen LogP contribution in [0.1, 0.15) is 23.6 Å². The Morgan fingerprint density at radius 2 is 0.828 bits per heavy atom. The molecule has 0 aromatic heterocycles. The van der Waals surface area contributed by atoms with Gasteiger partial charge in [-0.25, -0.2) is 0 Å². The molecule has 0 N–H and O–H groups in total. The quantitative estimate of drug-likeness (QED) is 0.413. The SMILES string of the molecule is C(#[C][Al]([C]#Cc1ccccc1)[C]#Cc1ccccc1)c1ccccc1.CC[O-].[Li+]. The van der Waals surface area contributed by atoms with Crippen molar-refractivity contribution < 1.29 is 24.0 Å². The third kappa shape index (κ3) is 10.5. The standard InChI is InChI=1S/3C8H5.C2H5O.Al.Li/c3*1-2-8-6-4-3-5-7-8;1-2-3;;/h3*3-7H;2H2,1H3;;/q;;;-1;;+1. The molecule has 0 saturated carbocycles. The van der Waals surface area contributed by atoms with E-state index in [1.807, 2.05) is 91.0 Å². The first kappa shape index (κ1) is 24.5. The van der Waals surface area contributed by atoms with Crippen molar-refractivity contribution in [1.82, 2.24) is 0 Å². The monoisotopic (exact) mass is 382 g/mol. The van der Waals surface area contributed by atoms with Gasteiger partial charge in [0.15, 0.2) is 0 Å². The zero-order valence-electron chi connectivity index (χ0n) is 16.9. The van der Waals surface area contributed by atoms with Gasteiger partial charge in [0.2, 0.25) is 0 Å². The molecule has 3 heteroatoms. The molecule has 1 nitrogen and oxygen atoms in total. The first-order chi connectivity index (χ1) is 13.8. The first-order valence-electron chi connectivity index (χ1n) is 9.09. The molecule has 0 amide bonds. The fourth-order valence-electron chi connectivity index (χ4n) is 2.14. The van der Waals surface area contributed by atoms with Gasteiger partial charge in [0.05, 0.1) is 0 Å². The zero-order chi connectivity index (χ0) is 19.9. The van der Waals surface area contributed by atoms with Crippen LogP contribution in [0.15, 0.2) is 91.0 Å². The van der Waals surface area contributed by atoms with E-state index in [-0.39, 0.29) is 25.5 Å². The molecule has 0 aliphatic carbocycles. The maximum atomic E-state index is 8.93. The van der Waals surface area contributed by atoms with Gasteiger partial charge in [-0.05, 0) is 36.4 Å². The van der Waals surface area contributed by atoms with Crippen LogP contribution in [-0.4, -0.2) is 20.8 Å². The van der Waals surface area contributed by atoms with Crippen molar-refractivity contribution in [1.29, 1.82) is 0 Å². The second-order valence-electron chi connectivity index (χ2n) is 5.63. The third-order valence-electron chi connectivity index (χ3n) is 3.40. The predicted molar refractivity (Wildman–Crippen MR) is 116 cm³/mol. The van der Waals surface area contributed by atoms with Gasteiger partial charge in [-0.3, -0.25) is 0 Å². The molecule has 3 aromatic carbocycles. The molecule has 0 unspecified atom stereocenters. The summed E-state index contributed by atoms with van der Waals surface area (Å²) >= 11 is -1.83. The van der Waals surface area contributed by atoms with Crippen molar-refractivity contribution in [2.45, 2.75) is 6.92 Å². The molecule has 3 rings (SSSR count). The van der Waals surface area contributed by atoms with E-state index in [9.17, 15) is 0 Å². The summed E-state index contributed by atoms with van der Waals surface area (Å²) < 4.78 is 0. The largest absolute Gasteiger partial charge is 1.00 e. The Morgan fingerprint density at radius 1 is 0.586 bits per heavy atom. The van der Waals surface area contributed by atoms with Crippen LogP contribution in [0, 0.1) is 32.1 Å². The zero-order valence-corrected chi connectivity index (χ0v) is 18.0. The second kappa shape index (κ2) is 15.4. The average molecular weight is 382 g/mol. The van der Waals surface area contributed by atoms with Crippen LogP contribution in [0.4, 0.5) is 0 Å². The van der Waals surface area contributed by atoms with Gasteiger partial charge < -0.3 is 5.11 Å². The van der Waals surface area contributed by atoms with Gasteiger partial charge >= 0.3 is 33.0 Å². The first-order valence-corrected chi connectivity index (χ1v) is 10.8. The summed E-state index contributed by atoms with van der Waals surface area (Å²) in [6.07, 6.45) is 0. The molecule has 0 fully saturated rings. The van der Waals surface area contributed by atoms with Crippen molar-refractivity contribution in [3.8, 4) is 32.1 Å². The van der Waals surface area contributed by atoms with Crippen molar-refractivity contribution in [3.05, 3.63) is 108 Å². The van der Waals surface area contributed by atoms with Crippen LogP contribution < -0.4 is 24.0 Å². The molecule has 0 aliphatic heterocycles. The van der Waals surface area contributed by atoms with Gasteiger partial charge in [0, 0.05) is 16.7 Å². The molecule has 0 aliphatic rings. The normalized spacial score (nSPS) is 8.07. The van der Waals surface area contributed by atoms with Gasteiger partial charge in [0.1, 0.15) is 0 Å². The molecular weight excluding hydrogens is 362 g/mol. The third-order valence-corrected chi connectivity index (χ3v) is 4.70. The smallest absolute Gasteiger partial charge is 0.855 e. The van der Waals surface area contributed by atoms with Crippen LogP contribution in [-0.2, 0) is 0 Å². The summed E-state index contributed by atoms with van der Waals surface area (Å²) in [5.74, 6) is 9.67. The van der Waals surface area contributed by atoms with Gasteiger partial charge in [-0.15, -0.1) is 6.61 Å². The molecule has 0 bridgehead atoms. The fraction of sp³-hybridized carbons (Fsp3) is 0.0769. The predicted octanol–water partition coefficient (Wildman–Crippen LogP) is 0.624. The van der Waals surface area contributed by atoms with Crippen LogP contribution in [0.5, 0.6) is 0 Å². The van der Waals surface area contributed by atoms with E-state index in [2.05, 4.69) is 32.1 Å². The van der Waals surface area contributed by atoms with E-state index >= 15 is 0 Å². The Bertz CT molecular complexity index is 878. The number of benzene rings is 3. The number of hydrogen-bond donors (Lipinski definition) is 0. The molecule has 0 atom stereocenters. The average Bonchev–Trinajstić information content (AvgIpc) is 2.76. The van der Waals surface area contributed by atoms with Gasteiger partial charge in [-0.2, -0.15) is 14.3 Å². The molecule has 0 spiro atoms. The minimum Gasteiger partial charge on any atom is -0.855 e. The van der Waals surface area contributed by atoms with E-state index in [1.54, 1.807) is 6.92 Å². The van der Waals surface area contributed by atoms with Gasteiger partial charge in [0.25, 0.3) is 0 Å². The Kier molecular flexibility index (Phi) is 13.0. The molecule has 3 aromatic rings. The molecule has 0 heterocycles. The Morgan fingerprint density at radius 3 is 1.07 bits per heavy atom. The summed E-state index contributed by atoms with van der Waals surface area (Å²) in [4.78, 5) is 9.95. The number of rotatable bonds is 0. The summed E-state index contributed by atoms with van der Waals surface area (Å²) in [6.45, 7) is 1.57. The molecular formula is C26H20AlLiO. The maximum absolute atomic E-state index is 8.93. The van der Waals surface area contributed by atoms with Crippen molar-refractivity contribution in [2.24, 2.45) is 0 Å². The Balaban J connectivity index is 0.000000990. The molecule has 29 heavy (non-hydrogen) atoms.